The van der Waals surface area contributed by atoms with E-state index < -0.39 is 32.9 Å². The highest BCUT2D eigenvalue weighted by Crippen LogP contribution is 2.25. The monoisotopic (exact) mass is 806 g/mol. The Bertz CT molecular complexity index is 2500. The van der Waals surface area contributed by atoms with Crippen LogP contribution in [0.4, 0.5) is 0 Å². The highest BCUT2D eigenvalue weighted by atomic mass is 16.4. The number of carbonyl (C=O) groups excluding carboxylic acids is 3. The Hall–Kier alpha value is -5.93. The van der Waals surface area contributed by atoms with Gasteiger partial charge in [-0.2, -0.15) is 9.13 Å². The van der Waals surface area contributed by atoms with E-state index in [9.17, 15) is 44.5 Å². The van der Waals surface area contributed by atoms with Gasteiger partial charge in [-0.1, -0.05) is 79.2 Å². The van der Waals surface area contributed by atoms with Crippen LogP contribution in [-0.2, 0) is 29.2 Å². The fourth-order valence-electron chi connectivity index (χ4n) is 7.32. The van der Waals surface area contributed by atoms with Gasteiger partial charge in [0, 0.05) is 42.5 Å². The molecule has 0 aliphatic rings. The lowest BCUT2D eigenvalue weighted by Crippen LogP contribution is -2.41. The summed E-state index contributed by atoms with van der Waals surface area (Å²) in [6.45, 7) is 2.12. The quantitative estimate of drug-likeness (QED) is 0.0221. The Kier molecular flexibility index (Phi) is 14.8. The van der Waals surface area contributed by atoms with Gasteiger partial charge in [0.1, 0.15) is 0 Å². The first kappa shape index (κ1) is 43.6. The van der Waals surface area contributed by atoms with Crippen LogP contribution in [-0.4, -0.2) is 68.8 Å². The minimum atomic E-state index is -1.70. The summed E-state index contributed by atoms with van der Waals surface area (Å²) in [5.74, 6) is -1.01. The molecule has 0 amide bonds. The Morgan fingerprint density at radius 3 is 1.43 bits per heavy atom. The van der Waals surface area contributed by atoms with Crippen LogP contribution in [0, 0.1) is 0 Å². The lowest BCUT2D eigenvalue weighted by molar-refractivity contribution is -0.689. The predicted octanol–water partition coefficient (Wildman–Crippen LogP) is 0.359. The Morgan fingerprint density at radius 1 is 0.483 bits per heavy atom. The van der Waals surface area contributed by atoms with Gasteiger partial charge in [-0.25, -0.2) is 4.57 Å². The van der Waals surface area contributed by atoms with Crippen molar-refractivity contribution < 1.29 is 58.2 Å². The summed E-state index contributed by atoms with van der Waals surface area (Å²) < 4.78 is 5.73. The van der Waals surface area contributed by atoms with Crippen molar-refractivity contribution in [3.05, 3.63) is 156 Å². The molecule has 302 valence electrons. The molecule has 0 saturated carbocycles. The number of hydrogen-bond donors (Lipinski definition) is 6. The van der Waals surface area contributed by atoms with Crippen LogP contribution in [0.1, 0.15) is 66.1 Å². The van der Waals surface area contributed by atoms with E-state index in [2.05, 4.69) is 0 Å². The second-order valence-electron chi connectivity index (χ2n) is 14.9. The SMILES string of the molecule is CC(=O)C(=O)CCCCCC(=O)c1cc(-c2cc(-c3ccc[n+](Cc4ccccc4B(O)O)c3)c[n+](Cc3ccccc3B(O)O)c2)c[n+](Cc2ccccc2B(O)O)c1. The molecule has 0 saturated heterocycles. The average molecular weight is 806 g/mol. The first-order valence-electron chi connectivity index (χ1n) is 19.8. The summed E-state index contributed by atoms with van der Waals surface area (Å²) in [5.41, 5.74) is 6.67. The number of ketones is 3. The summed E-state index contributed by atoms with van der Waals surface area (Å²) in [5, 5.41) is 60.7. The van der Waals surface area contributed by atoms with Gasteiger partial charge in [-0.05, 0) is 47.4 Å². The summed E-state index contributed by atoms with van der Waals surface area (Å²) in [6.07, 6.45) is 13.3. The molecule has 0 bridgehead atoms. The smallest absolute Gasteiger partial charge is 0.423 e. The highest BCUT2D eigenvalue weighted by Gasteiger charge is 2.24. The van der Waals surface area contributed by atoms with Gasteiger partial charge in [-0.15, -0.1) is 0 Å². The zero-order valence-corrected chi connectivity index (χ0v) is 33.3. The van der Waals surface area contributed by atoms with Crippen molar-refractivity contribution in [3.63, 3.8) is 0 Å². The molecule has 0 fully saturated rings. The van der Waals surface area contributed by atoms with E-state index in [0.29, 0.717) is 64.4 Å². The lowest BCUT2D eigenvalue weighted by atomic mass is 9.77. The molecule has 3 aromatic carbocycles. The van der Waals surface area contributed by atoms with E-state index in [1.807, 2.05) is 93.2 Å². The van der Waals surface area contributed by atoms with Gasteiger partial charge in [0.2, 0.25) is 0 Å². The molecule has 0 unspecified atom stereocenters. The Balaban J connectivity index is 1.43. The number of carbonyl (C=O) groups is 3. The number of aromatic nitrogens is 3. The molecule has 0 radical (unpaired) electrons. The van der Waals surface area contributed by atoms with Crippen LogP contribution in [0.25, 0.3) is 22.3 Å². The van der Waals surface area contributed by atoms with E-state index in [1.54, 1.807) is 54.7 Å². The zero-order chi connectivity index (χ0) is 42.8. The second kappa shape index (κ2) is 20.4. The van der Waals surface area contributed by atoms with Crippen molar-refractivity contribution in [2.24, 2.45) is 0 Å². The summed E-state index contributed by atoms with van der Waals surface area (Å²) in [6, 6.07) is 28.8. The Labute approximate surface area is 349 Å². The van der Waals surface area contributed by atoms with Gasteiger partial charge in [-0.3, -0.25) is 14.4 Å². The zero-order valence-electron chi connectivity index (χ0n) is 33.3. The molecule has 3 heterocycles. The molecular formula is C45H47B3N3O9+3. The van der Waals surface area contributed by atoms with Gasteiger partial charge < -0.3 is 30.1 Å². The molecule has 15 heteroatoms. The molecule has 6 rings (SSSR count). The number of benzene rings is 3. The third kappa shape index (κ3) is 11.4. The molecule has 0 aliphatic heterocycles. The first-order valence-corrected chi connectivity index (χ1v) is 19.8. The number of pyridine rings is 3. The van der Waals surface area contributed by atoms with Gasteiger partial charge in [0.15, 0.2) is 74.2 Å². The molecule has 0 atom stereocenters. The maximum atomic E-state index is 13.9. The predicted molar refractivity (Wildman–Crippen MR) is 227 cm³/mol. The largest absolute Gasteiger partial charge is 0.488 e. The molecule has 0 aliphatic carbocycles. The number of hydrogen-bond acceptors (Lipinski definition) is 9. The van der Waals surface area contributed by atoms with Gasteiger partial charge >= 0.3 is 21.4 Å². The van der Waals surface area contributed by atoms with Crippen molar-refractivity contribution in [1.29, 1.82) is 0 Å². The van der Waals surface area contributed by atoms with E-state index in [0.717, 1.165) is 22.3 Å². The van der Waals surface area contributed by atoms with Crippen LogP contribution in [0.15, 0.2) is 134 Å². The molecule has 3 aromatic heterocycles. The molecule has 60 heavy (non-hydrogen) atoms. The Morgan fingerprint density at radius 2 is 0.917 bits per heavy atom. The topological polar surface area (TPSA) is 184 Å². The van der Waals surface area contributed by atoms with E-state index >= 15 is 0 Å². The number of Topliss-reactive ketones (excluding diaryl/α,β-unsaturated/α-hetero) is 3. The highest BCUT2D eigenvalue weighted by molar-refractivity contribution is 6.60. The second-order valence-corrected chi connectivity index (χ2v) is 14.9. The van der Waals surface area contributed by atoms with E-state index in [1.165, 1.54) is 6.92 Å². The molecule has 0 spiro atoms. The van der Waals surface area contributed by atoms with Crippen LogP contribution in [0.5, 0.6) is 0 Å². The van der Waals surface area contributed by atoms with Gasteiger partial charge in [0.25, 0.3) is 0 Å². The lowest BCUT2D eigenvalue weighted by Gasteiger charge is -2.11. The third-order valence-electron chi connectivity index (χ3n) is 10.4. The minimum Gasteiger partial charge on any atom is -0.423 e. The van der Waals surface area contributed by atoms with Crippen molar-refractivity contribution >= 4 is 55.1 Å². The first-order chi connectivity index (χ1) is 28.9. The summed E-state index contributed by atoms with van der Waals surface area (Å²) in [7, 11) is -5.01. The normalized spacial score (nSPS) is 11.0. The number of rotatable bonds is 19. The maximum absolute atomic E-state index is 13.9. The van der Waals surface area contributed by atoms with Gasteiger partial charge in [0.05, 0.1) is 27.8 Å². The van der Waals surface area contributed by atoms with Crippen LogP contribution in [0.3, 0.4) is 0 Å². The molecule has 12 nitrogen and oxygen atoms in total. The minimum absolute atomic E-state index is 0.119. The average Bonchev–Trinajstić information content (AvgIpc) is 3.23. The summed E-state index contributed by atoms with van der Waals surface area (Å²) in [4.78, 5) is 37.0. The molecule has 6 N–H and O–H groups in total. The van der Waals surface area contributed by atoms with Crippen LogP contribution < -0.4 is 30.1 Å². The van der Waals surface area contributed by atoms with Crippen molar-refractivity contribution in [1.82, 2.24) is 0 Å². The molecule has 6 aromatic rings. The standard InChI is InChI=1S/C45H47B3N3O9/c1-32(52)44(53)19-3-2-4-20-45(54)40-23-39(30-51(31-40)27-36-14-7-10-18-43(36)48(59)60)38-22-37(28-50(29-38)26-35-13-6-9-17-42(35)47(57)58)33-15-11-21-49(24-33)25-34-12-5-8-16-41(34)46(55)56/h5-18,21-24,28-31,55-60H,2-4,19-20,25-27H2,1H3/q+3. The fraction of sp³-hybridized carbons (Fsp3) is 0.200. The van der Waals surface area contributed by atoms with E-state index in [-0.39, 0.29) is 31.7 Å². The summed E-state index contributed by atoms with van der Waals surface area (Å²) >= 11 is 0. The number of nitrogens with zero attached hydrogens (tertiary/aromatic N) is 3. The van der Waals surface area contributed by atoms with Crippen molar-refractivity contribution in [3.8, 4) is 22.3 Å². The maximum Gasteiger partial charge on any atom is 0.488 e. The van der Waals surface area contributed by atoms with Crippen molar-refractivity contribution in [2.45, 2.75) is 58.7 Å². The molecular weight excluding hydrogens is 759 g/mol. The number of unbranched alkanes of at least 4 members (excludes halogenated alkanes) is 2. The third-order valence-corrected chi connectivity index (χ3v) is 10.4. The van der Waals surface area contributed by atoms with Crippen LogP contribution in [0.2, 0.25) is 0 Å². The fourth-order valence-corrected chi connectivity index (χ4v) is 7.32. The van der Waals surface area contributed by atoms with Crippen molar-refractivity contribution in [2.75, 3.05) is 0 Å². The van der Waals surface area contributed by atoms with Crippen LogP contribution >= 0.6 is 0 Å². The van der Waals surface area contributed by atoms with E-state index in [4.69, 9.17) is 0 Å².